The average molecular weight is 417 g/mol. The molecular formula is C22H36N6O2. The number of nitrogens with one attached hydrogen (secondary N) is 3. The Kier molecular flexibility index (Phi) is 8.08. The first kappa shape index (κ1) is 23.5. The number of pyridine rings is 1. The first-order valence-electron chi connectivity index (χ1n) is 10.6. The lowest BCUT2D eigenvalue weighted by Gasteiger charge is -2.34. The van der Waals surface area contributed by atoms with Crippen molar-refractivity contribution in [1.82, 2.24) is 25.3 Å². The molecule has 0 unspecified atom stereocenters. The van der Waals surface area contributed by atoms with Crippen molar-refractivity contribution in [2.24, 2.45) is 4.99 Å². The monoisotopic (exact) mass is 416 g/mol. The fraction of sp³-hybridized carbons (Fsp3) is 0.591. The molecule has 0 bridgehead atoms. The second kappa shape index (κ2) is 10.3. The zero-order chi connectivity index (χ0) is 22.2. The first-order chi connectivity index (χ1) is 14.2. The molecule has 2 heterocycles. The summed E-state index contributed by atoms with van der Waals surface area (Å²) in [6, 6.07) is 5.96. The zero-order valence-electron chi connectivity index (χ0n) is 19.1. The van der Waals surface area contributed by atoms with Gasteiger partial charge in [-0.25, -0.2) is 9.78 Å². The predicted molar refractivity (Wildman–Crippen MR) is 121 cm³/mol. The maximum Gasteiger partial charge on any atom is 0.408 e. The summed E-state index contributed by atoms with van der Waals surface area (Å²) in [7, 11) is 1.74. The predicted octanol–water partition coefficient (Wildman–Crippen LogP) is 3.13. The minimum atomic E-state index is -0.528. The number of amides is 1. The van der Waals surface area contributed by atoms with Gasteiger partial charge in [0, 0.05) is 39.0 Å². The van der Waals surface area contributed by atoms with Crippen LogP contribution in [0.3, 0.4) is 0 Å². The molecule has 2 rings (SSSR count). The van der Waals surface area contributed by atoms with Crippen LogP contribution in [-0.2, 0) is 11.2 Å². The number of imidazole rings is 1. The molecule has 0 aliphatic rings. The summed E-state index contributed by atoms with van der Waals surface area (Å²) in [5.74, 6) is 0.691. The van der Waals surface area contributed by atoms with Gasteiger partial charge in [0.15, 0.2) is 5.96 Å². The van der Waals surface area contributed by atoms with Crippen molar-refractivity contribution in [2.75, 3.05) is 20.1 Å². The molecule has 0 aliphatic heterocycles. The number of hydrogen-bond donors (Lipinski definition) is 3. The van der Waals surface area contributed by atoms with Gasteiger partial charge < -0.3 is 25.1 Å². The van der Waals surface area contributed by atoms with Gasteiger partial charge in [-0.2, -0.15) is 0 Å². The number of fused-ring (bicyclic) bond motifs is 1. The number of nitrogens with zero attached hydrogens (tertiary/aromatic N) is 3. The molecule has 8 nitrogen and oxygen atoms in total. The lowest BCUT2D eigenvalue weighted by atomic mass is 9.93. The largest absolute Gasteiger partial charge is 0.444 e. The number of aromatic nitrogens is 2. The van der Waals surface area contributed by atoms with Gasteiger partial charge in [-0.15, -0.1) is 0 Å². The van der Waals surface area contributed by atoms with Gasteiger partial charge >= 0.3 is 6.09 Å². The Bertz CT molecular complexity index is 816. The van der Waals surface area contributed by atoms with Crippen molar-refractivity contribution in [2.45, 2.75) is 65.0 Å². The zero-order valence-corrected chi connectivity index (χ0v) is 19.1. The standard InChI is InChI=1S/C22H36N6O2/c1-7-22(8-2,27-20(29)30-21(3,4)5)16-25-19(23-6)24-13-12-17-15-28-14-10-9-11-18(28)26-17/h9-11,14-15H,7-8,12-13,16H2,1-6H3,(H,27,29)(H2,23,24,25). The molecule has 1 amide bonds. The Balaban J connectivity index is 1.87. The van der Waals surface area contributed by atoms with Crippen LogP contribution in [0.1, 0.15) is 53.2 Å². The van der Waals surface area contributed by atoms with Gasteiger partial charge in [-0.05, 0) is 45.7 Å². The molecular weight excluding hydrogens is 380 g/mol. The van der Waals surface area contributed by atoms with Gasteiger partial charge in [-0.3, -0.25) is 4.99 Å². The lowest BCUT2D eigenvalue weighted by Crippen LogP contribution is -2.57. The summed E-state index contributed by atoms with van der Waals surface area (Å²) in [4.78, 5) is 21.2. The molecule has 0 radical (unpaired) electrons. The van der Waals surface area contributed by atoms with Crippen LogP contribution in [0.2, 0.25) is 0 Å². The van der Waals surface area contributed by atoms with Crippen LogP contribution in [0.5, 0.6) is 0 Å². The third-order valence-electron chi connectivity index (χ3n) is 5.02. The van der Waals surface area contributed by atoms with Crippen LogP contribution in [0.15, 0.2) is 35.6 Å². The molecule has 0 spiro atoms. The third-order valence-corrected chi connectivity index (χ3v) is 5.02. The van der Waals surface area contributed by atoms with E-state index in [1.807, 2.05) is 55.8 Å². The highest BCUT2D eigenvalue weighted by Crippen LogP contribution is 2.16. The van der Waals surface area contributed by atoms with Crippen molar-refractivity contribution in [3.05, 3.63) is 36.3 Å². The molecule has 2 aromatic rings. The van der Waals surface area contributed by atoms with Crippen molar-refractivity contribution < 1.29 is 9.53 Å². The van der Waals surface area contributed by atoms with Gasteiger partial charge in [0.25, 0.3) is 0 Å². The van der Waals surface area contributed by atoms with Crippen LogP contribution < -0.4 is 16.0 Å². The number of carbonyl (C=O) groups excluding carboxylic acids is 1. The van der Waals surface area contributed by atoms with Crippen molar-refractivity contribution in [3.63, 3.8) is 0 Å². The normalized spacial score (nSPS) is 12.7. The number of guanidine groups is 1. The van der Waals surface area contributed by atoms with Gasteiger partial charge in [-0.1, -0.05) is 19.9 Å². The van der Waals surface area contributed by atoms with E-state index < -0.39 is 17.2 Å². The quantitative estimate of drug-likeness (QED) is 0.454. The van der Waals surface area contributed by atoms with Crippen LogP contribution in [0, 0.1) is 0 Å². The molecule has 0 aliphatic carbocycles. The molecule has 0 atom stereocenters. The summed E-state index contributed by atoms with van der Waals surface area (Å²) in [6.07, 6.45) is 5.96. The Labute approximate surface area is 179 Å². The van der Waals surface area contributed by atoms with E-state index in [9.17, 15) is 4.79 Å². The fourth-order valence-electron chi connectivity index (χ4n) is 3.13. The number of carbonyl (C=O) groups is 1. The number of aliphatic imine (C=N–C) groups is 1. The second-order valence-corrected chi connectivity index (χ2v) is 8.42. The van der Waals surface area contributed by atoms with Crippen LogP contribution in [-0.4, -0.2) is 52.7 Å². The fourth-order valence-corrected chi connectivity index (χ4v) is 3.13. The molecule has 0 saturated heterocycles. The topological polar surface area (TPSA) is 92.0 Å². The Hall–Kier alpha value is -2.77. The van der Waals surface area contributed by atoms with Gasteiger partial charge in [0.05, 0.1) is 11.2 Å². The molecule has 30 heavy (non-hydrogen) atoms. The maximum atomic E-state index is 12.3. The smallest absolute Gasteiger partial charge is 0.408 e. The Morgan fingerprint density at radius 3 is 2.53 bits per heavy atom. The Morgan fingerprint density at radius 2 is 1.93 bits per heavy atom. The number of hydrogen-bond acceptors (Lipinski definition) is 4. The highest BCUT2D eigenvalue weighted by atomic mass is 16.6. The maximum absolute atomic E-state index is 12.3. The molecule has 2 aromatic heterocycles. The second-order valence-electron chi connectivity index (χ2n) is 8.42. The van der Waals surface area contributed by atoms with E-state index in [1.165, 1.54) is 0 Å². The number of ether oxygens (including phenoxy) is 1. The van der Waals surface area contributed by atoms with E-state index in [-0.39, 0.29) is 0 Å². The summed E-state index contributed by atoms with van der Waals surface area (Å²) in [6.45, 7) is 10.9. The van der Waals surface area contributed by atoms with Crippen LogP contribution >= 0.6 is 0 Å². The highest BCUT2D eigenvalue weighted by molar-refractivity contribution is 5.79. The van der Waals surface area contributed by atoms with Crippen molar-refractivity contribution in [3.8, 4) is 0 Å². The summed E-state index contributed by atoms with van der Waals surface area (Å²) >= 11 is 0. The molecule has 0 saturated carbocycles. The van der Waals surface area contributed by atoms with Crippen LogP contribution in [0.4, 0.5) is 4.79 Å². The SMILES string of the molecule is CCC(CC)(CNC(=NC)NCCc1cn2ccccc2n1)NC(=O)OC(C)(C)C. The molecule has 0 aromatic carbocycles. The van der Waals surface area contributed by atoms with Gasteiger partial charge in [0.2, 0.25) is 0 Å². The molecule has 0 fully saturated rings. The van der Waals surface area contributed by atoms with E-state index in [0.717, 1.165) is 30.6 Å². The van der Waals surface area contributed by atoms with E-state index in [2.05, 4.69) is 39.8 Å². The van der Waals surface area contributed by atoms with E-state index in [4.69, 9.17) is 4.74 Å². The molecule has 8 heteroatoms. The third kappa shape index (κ3) is 6.93. The number of rotatable bonds is 8. The number of alkyl carbamates (subject to hydrolysis) is 1. The Morgan fingerprint density at radius 1 is 1.20 bits per heavy atom. The van der Waals surface area contributed by atoms with Gasteiger partial charge in [0.1, 0.15) is 11.2 Å². The van der Waals surface area contributed by atoms with E-state index in [1.54, 1.807) is 7.05 Å². The minimum absolute atomic E-state index is 0.400. The van der Waals surface area contributed by atoms with Crippen LogP contribution in [0.25, 0.3) is 5.65 Å². The minimum Gasteiger partial charge on any atom is -0.444 e. The van der Waals surface area contributed by atoms with Crippen molar-refractivity contribution in [1.29, 1.82) is 0 Å². The highest BCUT2D eigenvalue weighted by Gasteiger charge is 2.30. The summed E-state index contributed by atoms with van der Waals surface area (Å²) < 4.78 is 7.45. The van der Waals surface area contributed by atoms with E-state index in [0.29, 0.717) is 19.0 Å². The lowest BCUT2D eigenvalue weighted by molar-refractivity contribution is 0.0448. The summed E-state index contributed by atoms with van der Waals surface area (Å²) in [5, 5.41) is 9.70. The average Bonchev–Trinajstić information content (AvgIpc) is 3.10. The van der Waals surface area contributed by atoms with E-state index >= 15 is 0 Å². The molecule has 166 valence electrons. The van der Waals surface area contributed by atoms with Crippen molar-refractivity contribution >= 4 is 17.7 Å². The first-order valence-corrected chi connectivity index (χ1v) is 10.6. The summed E-state index contributed by atoms with van der Waals surface area (Å²) in [5.41, 5.74) is 1.02. The molecule has 3 N–H and O–H groups in total.